The Labute approximate surface area is 199 Å². The van der Waals surface area contributed by atoms with Gasteiger partial charge >= 0.3 is 0 Å². The van der Waals surface area contributed by atoms with Crippen LogP contribution in [0.5, 0.6) is 0 Å². The molecule has 0 atom stereocenters. The Hall–Kier alpha value is -3.49. The number of aromatic nitrogens is 2. The largest absolute Gasteiger partial charge is 0.367 e. The summed E-state index contributed by atoms with van der Waals surface area (Å²) in [7, 11) is 0. The van der Waals surface area contributed by atoms with Gasteiger partial charge in [-0.2, -0.15) is 8.75 Å². The van der Waals surface area contributed by atoms with Crippen LogP contribution in [0.2, 0.25) is 5.02 Å². The first-order valence-electron chi connectivity index (χ1n) is 10.5. The zero-order valence-electron chi connectivity index (χ0n) is 17.6. The molecule has 166 valence electrons. The molecule has 3 aromatic carbocycles. The van der Waals surface area contributed by atoms with Crippen LogP contribution in [0.25, 0.3) is 11.0 Å². The van der Waals surface area contributed by atoms with Crippen molar-refractivity contribution in [3.05, 3.63) is 82.9 Å². The fourth-order valence-electron chi connectivity index (χ4n) is 3.88. The predicted molar refractivity (Wildman–Crippen MR) is 131 cm³/mol. The fraction of sp³-hybridized carbons (Fsp3) is 0.167. The van der Waals surface area contributed by atoms with E-state index in [1.54, 1.807) is 24.3 Å². The molecule has 1 fully saturated rings. The molecule has 2 heterocycles. The molecule has 1 aliphatic heterocycles. The summed E-state index contributed by atoms with van der Waals surface area (Å²) in [5, 5.41) is 3.44. The molecular weight excluding hydrogens is 458 g/mol. The van der Waals surface area contributed by atoms with Crippen LogP contribution in [0.3, 0.4) is 0 Å². The number of hydrogen-bond acceptors (Lipinski definition) is 6. The third-order valence-corrected chi connectivity index (χ3v) is 6.51. The smallest absolute Gasteiger partial charge is 0.255 e. The first-order chi connectivity index (χ1) is 16.1. The molecule has 0 radical (unpaired) electrons. The standard InChI is InChI=1S/C24H20ClN5O2S/c25-19-15-18(26-23(31)17-6-8-20-21(14-17)28-33-27-20)7-9-22(19)29-10-12-30(13-11-29)24(32)16-4-2-1-3-5-16/h1-9,14-15H,10-13H2,(H,26,31). The highest BCUT2D eigenvalue weighted by Gasteiger charge is 2.23. The number of piperazine rings is 1. The third kappa shape index (κ3) is 4.53. The molecule has 0 spiro atoms. The second-order valence-corrected chi connectivity index (χ2v) is 8.67. The van der Waals surface area contributed by atoms with Crippen LogP contribution in [-0.4, -0.2) is 51.6 Å². The van der Waals surface area contributed by atoms with Gasteiger partial charge in [0.25, 0.3) is 11.8 Å². The van der Waals surface area contributed by atoms with Crippen molar-refractivity contribution in [3.8, 4) is 0 Å². The number of carbonyl (C=O) groups excluding carboxylic acids is 2. The van der Waals surface area contributed by atoms with Gasteiger partial charge in [-0.05, 0) is 48.5 Å². The van der Waals surface area contributed by atoms with E-state index in [2.05, 4.69) is 19.0 Å². The maximum absolute atomic E-state index is 12.7. The normalized spacial score (nSPS) is 13.8. The molecule has 1 aliphatic rings. The Kier molecular flexibility index (Phi) is 5.93. The molecule has 33 heavy (non-hydrogen) atoms. The van der Waals surface area contributed by atoms with Gasteiger partial charge in [0.1, 0.15) is 11.0 Å². The molecule has 2 amide bonds. The lowest BCUT2D eigenvalue weighted by atomic mass is 10.1. The molecule has 9 heteroatoms. The number of amides is 2. The molecule has 7 nitrogen and oxygen atoms in total. The molecule has 0 aliphatic carbocycles. The Bertz CT molecular complexity index is 1320. The van der Waals surface area contributed by atoms with Crippen LogP contribution in [-0.2, 0) is 0 Å². The van der Waals surface area contributed by atoms with Crippen molar-refractivity contribution >= 4 is 57.6 Å². The number of halogens is 1. The van der Waals surface area contributed by atoms with Gasteiger partial charge in [0.2, 0.25) is 0 Å². The second-order valence-electron chi connectivity index (χ2n) is 7.73. The van der Waals surface area contributed by atoms with Crippen LogP contribution in [0, 0.1) is 0 Å². The average Bonchev–Trinajstić information content (AvgIpc) is 3.32. The van der Waals surface area contributed by atoms with Crippen LogP contribution >= 0.6 is 23.3 Å². The Balaban J connectivity index is 1.23. The number of nitrogens with zero attached hydrogens (tertiary/aromatic N) is 4. The van der Waals surface area contributed by atoms with Crippen LogP contribution < -0.4 is 10.2 Å². The van der Waals surface area contributed by atoms with Gasteiger partial charge < -0.3 is 15.1 Å². The van der Waals surface area contributed by atoms with Crippen molar-refractivity contribution in [3.63, 3.8) is 0 Å². The topological polar surface area (TPSA) is 78.4 Å². The molecule has 1 aromatic heterocycles. The maximum atomic E-state index is 12.7. The van der Waals surface area contributed by atoms with Gasteiger partial charge in [0.15, 0.2) is 0 Å². The third-order valence-electron chi connectivity index (χ3n) is 5.65. The summed E-state index contributed by atoms with van der Waals surface area (Å²) in [5.41, 5.74) is 4.18. The van der Waals surface area contributed by atoms with E-state index in [-0.39, 0.29) is 11.8 Å². The number of rotatable bonds is 4. The van der Waals surface area contributed by atoms with E-state index in [4.69, 9.17) is 11.6 Å². The van der Waals surface area contributed by atoms with Gasteiger partial charge in [-0.15, -0.1) is 0 Å². The lowest BCUT2D eigenvalue weighted by molar-refractivity contribution is 0.0746. The number of nitrogens with one attached hydrogen (secondary N) is 1. The Morgan fingerprint density at radius 3 is 2.36 bits per heavy atom. The van der Waals surface area contributed by atoms with Crippen LogP contribution in [0.1, 0.15) is 20.7 Å². The van der Waals surface area contributed by atoms with Crippen molar-refractivity contribution in [1.82, 2.24) is 13.6 Å². The van der Waals surface area contributed by atoms with Crippen molar-refractivity contribution < 1.29 is 9.59 Å². The summed E-state index contributed by atoms with van der Waals surface area (Å²) in [5.74, 6) is -0.187. The van der Waals surface area contributed by atoms with Crippen molar-refractivity contribution in [2.75, 3.05) is 36.4 Å². The first kappa shape index (κ1) is 21.4. The number of fused-ring (bicyclic) bond motifs is 1. The highest BCUT2D eigenvalue weighted by atomic mass is 35.5. The highest BCUT2D eigenvalue weighted by molar-refractivity contribution is 7.00. The summed E-state index contributed by atoms with van der Waals surface area (Å²) in [6, 6.07) is 20.0. The summed E-state index contributed by atoms with van der Waals surface area (Å²) < 4.78 is 8.33. The quantitative estimate of drug-likeness (QED) is 0.466. The van der Waals surface area contributed by atoms with E-state index in [0.717, 1.165) is 22.9 Å². The number of hydrogen-bond donors (Lipinski definition) is 1. The van der Waals surface area contributed by atoms with E-state index < -0.39 is 0 Å². The van der Waals surface area contributed by atoms with Crippen molar-refractivity contribution in [2.24, 2.45) is 0 Å². The molecule has 0 saturated carbocycles. The summed E-state index contributed by atoms with van der Waals surface area (Å²) >= 11 is 7.68. The minimum absolute atomic E-state index is 0.0472. The zero-order chi connectivity index (χ0) is 22.8. The van der Waals surface area contributed by atoms with Gasteiger partial charge in [-0.3, -0.25) is 9.59 Å². The SMILES string of the molecule is O=C(Nc1ccc(N2CCN(C(=O)c3ccccc3)CC2)c(Cl)c1)c1ccc2nsnc2c1. The molecule has 0 unspecified atom stereocenters. The van der Waals surface area contributed by atoms with Gasteiger partial charge in [-0.1, -0.05) is 29.8 Å². The second kappa shape index (κ2) is 9.17. The fourth-order valence-corrected chi connectivity index (χ4v) is 4.70. The highest BCUT2D eigenvalue weighted by Crippen LogP contribution is 2.30. The van der Waals surface area contributed by atoms with E-state index in [1.165, 1.54) is 0 Å². The molecule has 5 rings (SSSR count). The Morgan fingerprint density at radius 1 is 0.848 bits per heavy atom. The lowest BCUT2D eigenvalue weighted by Crippen LogP contribution is -2.48. The molecule has 1 N–H and O–H groups in total. The number of anilines is 2. The molecule has 0 bridgehead atoms. The Morgan fingerprint density at radius 2 is 1.61 bits per heavy atom. The van der Waals surface area contributed by atoms with Crippen molar-refractivity contribution in [1.29, 1.82) is 0 Å². The van der Waals surface area contributed by atoms with E-state index in [0.29, 0.717) is 53.5 Å². The van der Waals surface area contributed by atoms with Crippen LogP contribution in [0.4, 0.5) is 11.4 Å². The van der Waals surface area contributed by atoms with Crippen molar-refractivity contribution in [2.45, 2.75) is 0 Å². The lowest BCUT2D eigenvalue weighted by Gasteiger charge is -2.36. The average molecular weight is 478 g/mol. The van der Waals surface area contributed by atoms with Gasteiger partial charge in [0.05, 0.1) is 22.4 Å². The summed E-state index contributed by atoms with van der Waals surface area (Å²) in [6.07, 6.45) is 0. The summed E-state index contributed by atoms with van der Waals surface area (Å²) in [4.78, 5) is 29.3. The first-order valence-corrected chi connectivity index (χ1v) is 11.6. The maximum Gasteiger partial charge on any atom is 0.255 e. The van der Waals surface area contributed by atoms with E-state index >= 15 is 0 Å². The zero-order valence-corrected chi connectivity index (χ0v) is 19.1. The predicted octanol–water partition coefficient (Wildman–Crippen LogP) is 4.56. The van der Waals surface area contributed by atoms with E-state index in [1.807, 2.05) is 47.4 Å². The van der Waals surface area contributed by atoms with Gasteiger partial charge in [-0.25, -0.2) is 0 Å². The molecular formula is C24H20ClN5O2S. The molecule has 4 aromatic rings. The molecule has 1 saturated heterocycles. The minimum Gasteiger partial charge on any atom is -0.367 e. The monoisotopic (exact) mass is 477 g/mol. The van der Waals surface area contributed by atoms with Gasteiger partial charge in [0, 0.05) is 43.0 Å². The number of carbonyl (C=O) groups is 2. The number of benzene rings is 3. The van der Waals surface area contributed by atoms with E-state index in [9.17, 15) is 9.59 Å². The van der Waals surface area contributed by atoms with Crippen LogP contribution in [0.15, 0.2) is 66.7 Å². The summed E-state index contributed by atoms with van der Waals surface area (Å²) in [6.45, 7) is 2.62. The minimum atomic E-state index is -0.234.